The summed E-state index contributed by atoms with van der Waals surface area (Å²) in [4.78, 5) is 27.1. The summed E-state index contributed by atoms with van der Waals surface area (Å²) in [6, 6.07) is -0.919. The molecule has 2 aliphatic heterocycles. The number of carbonyl (C=O) groups is 2. The topological polar surface area (TPSA) is 70.1 Å². The molecular weight excluding hydrogens is 260 g/mol. The van der Waals surface area contributed by atoms with Gasteiger partial charge in [0.2, 0.25) is 0 Å². The molecule has 0 radical (unpaired) electrons. The van der Waals surface area contributed by atoms with Gasteiger partial charge >= 0.3 is 12.0 Å². The molecule has 0 aromatic heterocycles. The lowest BCUT2D eigenvalue weighted by Crippen LogP contribution is -2.51. The molecule has 6 nitrogen and oxygen atoms in total. The minimum Gasteiger partial charge on any atom is -0.480 e. The zero-order chi connectivity index (χ0) is 14.9. The first kappa shape index (κ1) is 15.1. The molecule has 0 saturated carbocycles. The van der Waals surface area contributed by atoms with E-state index in [4.69, 9.17) is 4.74 Å². The van der Waals surface area contributed by atoms with Crippen LogP contribution < -0.4 is 0 Å². The van der Waals surface area contributed by atoms with Crippen LogP contribution in [0, 0.1) is 11.8 Å². The third kappa shape index (κ3) is 2.90. The lowest BCUT2D eigenvalue weighted by atomic mass is 9.89. The Hall–Kier alpha value is -1.30. The molecule has 20 heavy (non-hydrogen) atoms. The number of carboxylic acid groups (broad SMARTS) is 1. The molecule has 0 bridgehead atoms. The first-order chi connectivity index (χ1) is 9.43. The van der Waals surface area contributed by atoms with Crippen molar-refractivity contribution in [3.8, 4) is 0 Å². The van der Waals surface area contributed by atoms with E-state index in [2.05, 4.69) is 13.8 Å². The number of methoxy groups -OCH3 is 1. The molecule has 2 heterocycles. The molecule has 2 fully saturated rings. The van der Waals surface area contributed by atoms with Gasteiger partial charge in [0.1, 0.15) is 6.04 Å². The fourth-order valence-corrected chi connectivity index (χ4v) is 3.03. The number of nitrogens with zero attached hydrogens (tertiary/aromatic N) is 2. The minimum atomic E-state index is -0.948. The molecule has 1 N–H and O–H groups in total. The van der Waals surface area contributed by atoms with E-state index >= 15 is 0 Å². The van der Waals surface area contributed by atoms with Crippen LogP contribution in [0.25, 0.3) is 0 Å². The van der Waals surface area contributed by atoms with E-state index in [0.717, 1.165) is 6.42 Å². The van der Waals surface area contributed by atoms with Gasteiger partial charge in [0, 0.05) is 33.2 Å². The molecule has 0 spiro atoms. The molecule has 114 valence electrons. The quantitative estimate of drug-likeness (QED) is 0.828. The number of urea groups is 1. The molecule has 2 rings (SSSR count). The van der Waals surface area contributed by atoms with Crippen molar-refractivity contribution in [1.29, 1.82) is 0 Å². The number of rotatable bonds is 2. The smallest absolute Gasteiger partial charge is 0.326 e. The van der Waals surface area contributed by atoms with Crippen molar-refractivity contribution in [3.05, 3.63) is 0 Å². The average molecular weight is 284 g/mol. The summed E-state index contributed by atoms with van der Waals surface area (Å²) in [5.41, 5.74) is 0. The minimum absolute atomic E-state index is 0.157. The summed E-state index contributed by atoms with van der Waals surface area (Å²) in [5.74, 6) is 0.118. The molecule has 2 amide bonds. The Kier molecular flexibility index (Phi) is 4.52. The third-order valence-electron chi connectivity index (χ3n) is 4.73. The predicted octanol–water partition coefficient (Wildman–Crippen LogP) is 1.26. The standard InChI is InChI=1S/C14H24N2O4/c1-9-4-5-15(7-10(9)2)14(19)16-8-11(20-3)6-12(16)13(17)18/h9-12H,4-8H2,1-3H3,(H,17,18). The molecule has 0 aromatic rings. The third-order valence-corrected chi connectivity index (χ3v) is 4.73. The van der Waals surface area contributed by atoms with Gasteiger partial charge in [-0.15, -0.1) is 0 Å². The number of hydrogen-bond acceptors (Lipinski definition) is 3. The van der Waals surface area contributed by atoms with Crippen LogP contribution >= 0.6 is 0 Å². The Morgan fingerprint density at radius 1 is 1.20 bits per heavy atom. The van der Waals surface area contributed by atoms with E-state index in [1.165, 1.54) is 4.90 Å². The highest BCUT2D eigenvalue weighted by Gasteiger charge is 2.42. The number of likely N-dealkylation sites (tertiary alicyclic amines) is 2. The zero-order valence-electron chi connectivity index (χ0n) is 12.4. The van der Waals surface area contributed by atoms with Crippen LogP contribution in [0.1, 0.15) is 26.7 Å². The second-order valence-electron chi connectivity index (χ2n) is 6.07. The van der Waals surface area contributed by atoms with Crippen molar-refractivity contribution >= 4 is 12.0 Å². The summed E-state index contributed by atoms with van der Waals surface area (Å²) in [5, 5.41) is 9.27. The van der Waals surface area contributed by atoms with Crippen molar-refractivity contribution in [2.24, 2.45) is 11.8 Å². The number of hydrogen-bond donors (Lipinski definition) is 1. The number of amides is 2. The van der Waals surface area contributed by atoms with Gasteiger partial charge in [-0.2, -0.15) is 0 Å². The zero-order valence-corrected chi connectivity index (χ0v) is 12.4. The molecule has 0 aliphatic carbocycles. The van der Waals surface area contributed by atoms with Gasteiger partial charge in [0.05, 0.1) is 6.10 Å². The van der Waals surface area contributed by atoms with Gasteiger partial charge in [-0.05, 0) is 18.3 Å². The Balaban J connectivity index is 2.05. The maximum absolute atomic E-state index is 12.6. The molecule has 4 atom stereocenters. The number of piperidine rings is 1. The largest absolute Gasteiger partial charge is 0.480 e. The van der Waals surface area contributed by atoms with Gasteiger partial charge in [-0.3, -0.25) is 0 Å². The van der Waals surface area contributed by atoms with Gasteiger partial charge in [0.15, 0.2) is 0 Å². The molecule has 2 aliphatic rings. The highest BCUT2D eigenvalue weighted by molar-refractivity contribution is 5.83. The van der Waals surface area contributed by atoms with Crippen LogP contribution in [0.3, 0.4) is 0 Å². The summed E-state index contributed by atoms with van der Waals surface area (Å²) >= 11 is 0. The monoisotopic (exact) mass is 284 g/mol. The van der Waals surface area contributed by atoms with Crippen molar-refractivity contribution in [2.75, 3.05) is 26.7 Å². The normalized spacial score (nSPS) is 34.4. The number of carbonyl (C=O) groups excluding carboxylic acids is 1. The number of aliphatic carboxylic acids is 1. The predicted molar refractivity (Wildman–Crippen MR) is 73.5 cm³/mol. The van der Waals surface area contributed by atoms with E-state index in [0.29, 0.717) is 37.9 Å². The van der Waals surface area contributed by atoms with E-state index in [-0.39, 0.29) is 12.1 Å². The molecule has 2 saturated heterocycles. The highest BCUT2D eigenvalue weighted by Crippen LogP contribution is 2.26. The highest BCUT2D eigenvalue weighted by atomic mass is 16.5. The average Bonchev–Trinajstić information content (AvgIpc) is 2.85. The second kappa shape index (κ2) is 5.99. The Morgan fingerprint density at radius 2 is 1.90 bits per heavy atom. The summed E-state index contributed by atoms with van der Waals surface area (Å²) in [7, 11) is 1.56. The van der Waals surface area contributed by atoms with Gasteiger partial charge in [-0.25, -0.2) is 9.59 Å². The summed E-state index contributed by atoms with van der Waals surface area (Å²) < 4.78 is 5.22. The van der Waals surface area contributed by atoms with Crippen LogP contribution in [-0.2, 0) is 9.53 Å². The van der Waals surface area contributed by atoms with E-state index < -0.39 is 12.0 Å². The summed E-state index contributed by atoms with van der Waals surface area (Å²) in [6.07, 6.45) is 1.17. The SMILES string of the molecule is COC1CC(C(=O)O)N(C(=O)N2CCC(C)C(C)C2)C1. The van der Waals surface area contributed by atoms with Crippen LogP contribution in [0.5, 0.6) is 0 Å². The van der Waals surface area contributed by atoms with Crippen molar-refractivity contribution in [1.82, 2.24) is 9.80 Å². The fourth-order valence-electron chi connectivity index (χ4n) is 3.03. The van der Waals surface area contributed by atoms with Crippen molar-refractivity contribution in [3.63, 3.8) is 0 Å². The van der Waals surface area contributed by atoms with E-state index in [1.807, 2.05) is 0 Å². The Bertz CT molecular complexity index is 387. The molecule has 0 aromatic carbocycles. The first-order valence-corrected chi connectivity index (χ1v) is 7.25. The van der Waals surface area contributed by atoms with E-state index in [9.17, 15) is 14.7 Å². The van der Waals surface area contributed by atoms with Gasteiger partial charge in [0.25, 0.3) is 0 Å². The van der Waals surface area contributed by atoms with Crippen LogP contribution in [-0.4, -0.2) is 65.8 Å². The maximum atomic E-state index is 12.6. The fraction of sp³-hybridized carbons (Fsp3) is 0.857. The lowest BCUT2D eigenvalue weighted by molar-refractivity contribution is -0.141. The number of carboxylic acids is 1. The Labute approximate surface area is 119 Å². The molecular formula is C14H24N2O4. The molecule has 4 unspecified atom stereocenters. The van der Waals surface area contributed by atoms with E-state index in [1.54, 1.807) is 12.0 Å². The number of ether oxygens (including phenoxy) is 1. The second-order valence-corrected chi connectivity index (χ2v) is 6.07. The maximum Gasteiger partial charge on any atom is 0.326 e. The van der Waals surface area contributed by atoms with Crippen LogP contribution in [0.15, 0.2) is 0 Å². The van der Waals surface area contributed by atoms with Crippen LogP contribution in [0.2, 0.25) is 0 Å². The first-order valence-electron chi connectivity index (χ1n) is 7.25. The van der Waals surface area contributed by atoms with Crippen molar-refractivity contribution < 1.29 is 19.4 Å². The van der Waals surface area contributed by atoms with Gasteiger partial charge < -0.3 is 19.6 Å². The van der Waals surface area contributed by atoms with Crippen LogP contribution in [0.4, 0.5) is 4.79 Å². The summed E-state index contributed by atoms with van der Waals surface area (Å²) in [6.45, 7) is 6.13. The lowest BCUT2D eigenvalue weighted by Gasteiger charge is -2.38. The Morgan fingerprint density at radius 3 is 2.45 bits per heavy atom. The molecule has 6 heteroatoms. The van der Waals surface area contributed by atoms with Crippen molar-refractivity contribution in [2.45, 2.75) is 38.8 Å². The van der Waals surface area contributed by atoms with Gasteiger partial charge in [-0.1, -0.05) is 13.8 Å².